The summed E-state index contributed by atoms with van der Waals surface area (Å²) in [5.74, 6) is -0.0284. The van der Waals surface area contributed by atoms with Crippen LogP contribution in [0.3, 0.4) is 0 Å². The number of carbonyl (C=O) groups is 2. The smallest absolute Gasteiger partial charge is 0.487 e. The summed E-state index contributed by atoms with van der Waals surface area (Å²) >= 11 is 0. The van der Waals surface area contributed by atoms with Gasteiger partial charge >= 0.3 is 64.2 Å². The molecule has 4 nitrogen and oxygen atoms in total. The van der Waals surface area contributed by atoms with Gasteiger partial charge in [0.25, 0.3) is 0 Å². The van der Waals surface area contributed by atoms with Gasteiger partial charge in [-0.2, -0.15) is 13.3 Å². The maximum Gasteiger partial charge on any atom is 1.00 e. The molecule has 1 aliphatic carbocycles. The molecule has 2 aliphatic rings. The van der Waals surface area contributed by atoms with E-state index in [4.69, 9.17) is 9.47 Å². The van der Waals surface area contributed by atoms with Crippen molar-refractivity contribution in [3.05, 3.63) is 18.1 Å². The molecule has 1 fully saturated rings. The molecule has 3 atom stereocenters. The number of carbonyl (C=O) groups excluding carboxylic acids is 2. The van der Waals surface area contributed by atoms with Crippen LogP contribution in [-0.2, 0) is 19.1 Å². The Hall–Kier alpha value is 0.355. The third kappa shape index (κ3) is 3.47. The second-order valence-electron chi connectivity index (χ2n) is 4.57. The fourth-order valence-electron chi connectivity index (χ4n) is 2.19. The van der Waals surface area contributed by atoms with Crippen LogP contribution >= 0.6 is 0 Å². The van der Waals surface area contributed by atoms with E-state index in [0.29, 0.717) is 12.3 Å². The second kappa shape index (κ2) is 7.22. The maximum absolute atomic E-state index is 11.6. The van der Waals surface area contributed by atoms with Gasteiger partial charge in [-0.3, -0.25) is 15.5 Å². The van der Waals surface area contributed by atoms with Crippen LogP contribution in [0.4, 0.5) is 0 Å². The Labute approximate surface area is 156 Å². The van der Waals surface area contributed by atoms with E-state index in [9.17, 15) is 9.59 Å². The molecule has 1 saturated heterocycles. The molecule has 0 N–H and O–H groups in total. The van der Waals surface area contributed by atoms with E-state index < -0.39 is 0 Å². The van der Waals surface area contributed by atoms with Crippen molar-refractivity contribution in [1.82, 2.24) is 0 Å². The number of esters is 2. The first-order valence-corrected chi connectivity index (χ1v) is 6.00. The van der Waals surface area contributed by atoms with Gasteiger partial charge in [-0.25, -0.2) is 0 Å². The summed E-state index contributed by atoms with van der Waals surface area (Å²) in [6.45, 7) is 3.78. The predicted octanol–water partition coefficient (Wildman–Crippen LogP) is -1.34. The van der Waals surface area contributed by atoms with Gasteiger partial charge < -0.3 is 9.47 Å². The van der Waals surface area contributed by atoms with E-state index in [1.54, 1.807) is 6.92 Å². The number of rotatable bonds is 4. The zero-order chi connectivity index (χ0) is 12.4. The van der Waals surface area contributed by atoms with Crippen LogP contribution < -0.4 is 58.2 Å². The Morgan fingerprint density at radius 3 is 3.00 bits per heavy atom. The van der Waals surface area contributed by atoms with Gasteiger partial charge in [0.05, 0.1) is 5.92 Å². The molecule has 0 bridgehead atoms. The molecule has 1 heterocycles. The van der Waals surface area contributed by atoms with Crippen molar-refractivity contribution in [2.75, 3.05) is 6.61 Å². The van der Waals surface area contributed by atoms with Crippen LogP contribution in [0.25, 0.3) is 0 Å². The van der Waals surface area contributed by atoms with Gasteiger partial charge in [-0.05, 0) is 12.5 Å². The first-order valence-electron chi connectivity index (χ1n) is 6.00. The fraction of sp³-hybridized carbons (Fsp3) is 0.615. The normalized spacial score (nSPS) is 28.3. The molecule has 0 saturated carbocycles. The van der Waals surface area contributed by atoms with Gasteiger partial charge in [-0.15, -0.1) is 0 Å². The quantitative estimate of drug-likeness (QED) is 0.365. The minimum Gasteiger partial charge on any atom is -0.487 e. The summed E-state index contributed by atoms with van der Waals surface area (Å²) in [6, 6.07) is 0. The molecule has 94 valence electrons. The molecule has 1 aliphatic heterocycles. The zero-order valence-electron chi connectivity index (χ0n) is 11.1. The van der Waals surface area contributed by atoms with Gasteiger partial charge in [-0.1, -0.05) is 13.0 Å². The minimum atomic E-state index is -0.310. The summed E-state index contributed by atoms with van der Waals surface area (Å²) in [5, 5.41) is 0. The summed E-state index contributed by atoms with van der Waals surface area (Å²) in [6.07, 6.45) is 5.31. The average Bonchev–Trinajstić information content (AvgIpc) is 2.86. The van der Waals surface area contributed by atoms with Crippen LogP contribution in [0.1, 0.15) is 26.7 Å². The molecule has 0 amide bonds. The van der Waals surface area contributed by atoms with Crippen molar-refractivity contribution in [2.45, 2.75) is 32.8 Å². The summed E-state index contributed by atoms with van der Waals surface area (Å²) in [7, 11) is 0. The number of ether oxygens (including phenoxy) is 2. The van der Waals surface area contributed by atoms with E-state index in [2.05, 4.69) is 0 Å². The largest absolute Gasteiger partial charge is 1.00 e. The predicted molar refractivity (Wildman–Crippen MR) is 60.8 cm³/mol. The maximum atomic E-state index is 11.6. The van der Waals surface area contributed by atoms with E-state index in [1.165, 1.54) is 0 Å². The monoisotopic (exact) mass is 322 g/mol. The van der Waals surface area contributed by atoms with E-state index in [-0.39, 0.29) is 94.7 Å². The molecular weight excluding hydrogens is 306 g/mol. The zero-order valence-corrected chi connectivity index (χ0v) is 16.1. The summed E-state index contributed by atoms with van der Waals surface area (Å²) in [5.41, 5.74) is 0. The second-order valence-corrected chi connectivity index (χ2v) is 4.57. The van der Waals surface area contributed by atoms with Gasteiger partial charge in [0.1, 0.15) is 12.7 Å². The number of fused-ring (bicyclic) bond motifs is 1. The number of hydrogen-bond acceptors (Lipinski definition) is 4. The Kier molecular flexibility index (Phi) is 6.58. The van der Waals surface area contributed by atoms with Crippen molar-refractivity contribution in [3.63, 3.8) is 0 Å². The molecule has 3 unspecified atom stereocenters. The van der Waals surface area contributed by atoms with Crippen LogP contribution in [0, 0.1) is 17.8 Å². The molecule has 2 rings (SSSR count). The van der Waals surface area contributed by atoms with Crippen molar-refractivity contribution in [2.24, 2.45) is 11.8 Å². The van der Waals surface area contributed by atoms with E-state index >= 15 is 0 Å². The number of hydrogen-bond donors (Lipinski definition) is 0. The Balaban J connectivity index is 0.00000162. The molecular formula is C13H17O4Rb. The van der Waals surface area contributed by atoms with Gasteiger partial charge in [0.2, 0.25) is 0 Å². The first kappa shape index (κ1) is 16.4. The molecule has 0 aromatic carbocycles. The van der Waals surface area contributed by atoms with Crippen molar-refractivity contribution in [3.8, 4) is 0 Å². The topological polar surface area (TPSA) is 52.6 Å². The van der Waals surface area contributed by atoms with E-state index in [0.717, 1.165) is 6.42 Å². The van der Waals surface area contributed by atoms with Crippen LogP contribution in [0.15, 0.2) is 12.2 Å². The van der Waals surface area contributed by atoms with Gasteiger partial charge in [0, 0.05) is 5.92 Å². The van der Waals surface area contributed by atoms with Crippen molar-refractivity contribution in [1.29, 1.82) is 0 Å². The third-order valence-electron chi connectivity index (χ3n) is 3.50. The van der Waals surface area contributed by atoms with Crippen LogP contribution in [0.5, 0.6) is 0 Å². The summed E-state index contributed by atoms with van der Waals surface area (Å²) < 4.78 is 10.3. The van der Waals surface area contributed by atoms with Crippen LogP contribution in [0.2, 0.25) is 0 Å². The Morgan fingerprint density at radius 2 is 2.33 bits per heavy atom. The molecule has 18 heavy (non-hydrogen) atoms. The standard InChI is InChI=1S/C13H17O4.Rb/c1-3-8(2)12(14)16-7-10-9-5-4-6-11(9)17-13(10)15;/h4,6,9-11H,3,5,7H2,1-2H3;/q-1;+1. The van der Waals surface area contributed by atoms with Gasteiger partial charge in [0.15, 0.2) is 5.97 Å². The Bertz CT molecular complexity index is 353. The molecule has 0 aromatic rings. The molecule has 0 spiro atoms. The minimum absolute atomic E-state index is 0. The number of allylic oxidation sites excluding steroid dienone is 1. The van der Waals surface area contributed by atoms with E-state index in [1.807, 2.05) is 19.1 Å². The third-order valence-corrected chi connectivity index (χ3v) is 3.50. The average molecular weight is 323 g/mol. The summed E-state index contributed by atoms with van der Waals surface area (Å²) in [4.78, 5) is 23.1. The molecule has 0 radical (unpaired) electrons. The molecule has 0 aromatic heterocycles. The fourth-order valence-corrected chi connectivity index (χ4v) is 2.19. The SMILES string of the molecule is CC[C-](C)C(=O)OCC1C(=O)OC2C=CCC21.[Rb+]. The van der Waals surface area contributed by atoms with Crippen molar-refractivity contribution < 1.29 is 77.3 Å². The van der Waals surface area contributed by atoms with Crippen LogP contribution in [-0.4, -0.2) is 24.6 Å². The van der Waals surface area contributed by atoms with Crippen molar-refractivity contribution >= 4 is 11.9 Å². The first-order chi connectivity index (χ1) is 8.13. The molecule has 5 heteroatoms. The Morgan fingerprint density at radius 1 is 1.61 bits per heavy atom.